The molecule has 2 saturated heterocycles. The maximum absolute atomic E-state index is 2.62. The van der Waals surface area contributed by atoms with Crippen LogP contribution in [0.5, 0.6) is 0 Å². The second-order valence-corrected chi connectivity index (χ2v) is 8.17. The summed E-state index contributed by atoms with van der Waals surface area (Å²) in [7, 11) is 0. The summed E-state index contributed by atoms with van der Waals surface area (Å²) in [6.07, 6.45) is 4.09. The SMILES string of the molecule is c1csc([C@@H]2CCN2Cc2cc(CN3CCCC3)cs2)c1. The molecule has 0 aliphatic carbocycles. The number of nitrogens with zero attached hydrogens (tertiary/aromatic N) is 2. The Bertz CT molecular complexity index is 569. The number of hydrogen-bond donors (Lipinski definition) is 0. The van der Waals surface area contributed by atoms with Crippen LogP contribution in [0.3, 0.4) is 0 Å². The van der Waals surface area contributed by atoms with E-state index in [-0.39, 0.29) is 0 Å². The second-order valence-electron chi connectivity index (χ2n) is 6.19. The zero-order valence-electron chi connectivity index (χ0n) is 12.3. The predicted molar refractivity (Wildman–Crippen MR) is 90.9 cm³/mol. The molecule has 4 rings (SSSR count). The van der Waals surface area contributed by atoms with Gasteiger partial charge in [-0.1, -0.05) is 6.07 Å². The Morgan fingerprint density at radius 1 is 1.10 bits per heavy atom. The van der Waals surface area contributed by atoms with Gasteiger partial charge in [0, 0.05) is 35.4 Å². The first-order valence-corrected chi connectivity index (χ1v) is 9.70. The van der Waals surface area contributed by atoms with Crippen molar-refractivity contribution < 1.29 is 0 Å². The Morgan fingerprint density at radius 3 is 2.71 bits per heavy atom. The highest BCUT2D eigenvalue weighted by atomic mass is 32.1. The summed E-state index contributed by atoms with van der Waals surface area (Å²) in [5.74, 6) is 0. The zero-order chi connectivity index (χ0) is 14.1. The quantitative estimate of drug-likeness (QED) is 0.808. The second kappa shape index (κ2) is 6.21. The van der Waals surface area contributed by atoms with Crippen molar-refractivity contribution in [1.29, 1.82) is 0 Å². The largest absolute Gasteiger partial charge is 0.299 e. The standard InChI is InChI=1S/C17H22N2S2/c1-2-7-18(6-1)11-14-10-15(21-13-14)12-19-8-5-16(19)17-4-3-9-20-17/h3-4,9-10,13,16H,1-2,5-8,11-12H2/t16-/m0/s1. The van der Waals surface area contributed by atoms with Crippen LogP contribution < -0.4 is 0 Å². The maximum Gasteiger partial charge on any atom is 0.0457 e. The van der Waals surface area contributed by atoms with Gasteiger partial charge < -0.3 is 0 Å². The minimum atomic E-state index is 0.675. The van der Waals surface area contributed by atoms with Gasteiger partial charge in [-0.05, 0) is 60.8 Å². The topological polar surface area (TPSA) is 6.48 Å². The van der Waals surface area contributed by atoms with Gasteiger partial charge >= 0.3 is 0 Å². The fourth-order valence-electron chi connectivity index (χ4n) is 3.42. The van der Waals surface area contributed by atoms with Crippen LogP contribution in [0.1, 0.15) is 40.6 Å². The van der Waals surface area contributed by atoms with Crippen molar-refractivity contribution in [3.05, 3.63) is 44.3 Å². The number of rotatable bonds is 5. The van der Waals surface area contributed by atoms with Gasteiger partial charge in [-0.15, -0.1) is 22.7 Å². The molecule has 112 valence electrons. The summed E-state index contributed by atoms with van der Waals surface area (Å²) in [5.41, 5.74) is 1.52. The molecule has 4 heteroatoms. The van der Waals surface area contributed by atoms with Crippen molar-refractivity contribution in [3.63, 3.8) is 0 Å². The van der Waals surface area contributed by atoms with E-state index < -0.39 is 0 Å². The van der Waals surface area contributed by atoms with Gasteiger partial charge in [-0.25, -0.2) is 0 Å². The number of thiophene rings is 2. The first-order valence-electron chi connectivity index (χ1n) is 7.94. The molecule has 4 heterocycles. The lowest BCUT2D eigenvalue weighted by atomic mass is 10.0. The first-order chi connectivity index (χ1) is 10.4. The molecule has 2 fully saturated rings. The van der Waals surface area contributed by atoms with Crippen molar-refractivity contribution in [3.8, 4) is 0 Å². The van der Waals surface area contributed by atoms with Crippen LogP contribution in [0, 0.1) is 0 Å². The van der Waals surface area contributed by atoms with Crippen LogP contribution >= 0.6 is 22.7 Å². The van der Waals surface area contributed by atoms with Crippen LogP contribution in [-0.2, 0) is 13.1 Å². The van der Waals surface area contributed by atoms with Gasteiger partial charge in [0.2, 0.25) is 0 Å². The van der Waals surface area contributed by atoms with Gasteiger partial charge in [0.15, 0.2) is 0 Å². The van der Waals surface area contributed by atoms with E-state index >= 15 is 0 Å². The Balaban J connectivity index is 1.35. The minimum Gasteiger partial charge on any atom is -0.299 e. The average molecular weight is 319 g/mol. The molecular formula is C17H22N2S2. The lowest BCUT2D eigenvalue weighted by Crippen LogP contribution is -2.39. The summed E-state index contributed by atoms with van der Waals surface area (Å²) >= 11 is 3.85. The minimum absolute atomic E-state index is 0.675. The number of likely N-dealkylation sites (tertiary alicyclic amines) is 2. The molecule has 2 nitrogen and oxygen atoms in total. The Morgan fingerprint density at radius 2 is 2.00 bits per heavy atom. The third-order valence-corrected chi connectivity index (χ3v) is 6.62. The molecule has 2 aliphatic heterocycles. The third kappa shape index (κ3) is 3.09. The van der Waals surface area contributed by atoms with E-state index in [2.05, 4.69) is 38.8 Å². The monoisotopic (exact) mass is 318 g/mol. The molecule has 0 saturated carbocycles. The smallest absolute Gasteiger partial charge is 0.0457 e. The first kappa shape index (κ1) is 13.9. The summed E-state index contributed by atoms with van der Waals surface area (Å²) in [6, 6.07) is 7.58. The molecule has 0 radical (unpaired) electrons. The molecule has 2 aromatic heterocycles. The lowest BCUT2D eigenvalue weighted by molar-refractivity contribution is 0.0858. The molecule has 0 spiro atoms. The van der Waals surface area contributed by atoms with Crippen LogP contribution in [0.25, 0.3) is 0 Å². The highest BCUT2D eigenvalue weighted by Crippen LogP contribution is 2.37. The molecule has 1 atom stereocenters. The Kier molecular flexibility index (Phi) is 4.12. The Hall–Kier alpha value is -0.680. The van der Waals surface area contributed by atoms with E-state index in [1.54, 1.807) is 0 Å². The normalized spacial score (nSPS) is 23.5. The number of hydrogen-bond acceptors (Lipinski definition) is 4. The van der Waals surface area contributed by atoms with Crippen LogP contribution in [0.4, 0.5) is 0 Å². The molecule has 2 aliphatic rings. The van der Waals surface area contributed by atoms with E-state index in [4.69, 9.17) is 0 Å². The molecular weight excluding hydrogens is 296 g/mol. The maximum atomic E-state index is 2.62. The van der Waals surface area contributed by atoms with E-state index in [1.165, 1.54) is 54.2 Å². The van der Waals surface area contributed by atoms with Gasteiger partial charge in [0.1, 0.15) is 0 Å². The van der Waals surface area contributed by atoms with Crippen molar-refractivity contribution in [2.24, 2.45) is 0 Å². The molecule has 0 N–H and O–H groups in total. The molecule has 0 bridgehead atoms. The van der Waals surface area contributed by atoms with Gasteiger partial charge in [-0.3, -0.25) is 9.80 Å². The van der Waals surface area contributed by atoms with Crippen LogP contribution in [0.15, 0.2) is 29.0 Å². The van der Waals surface area contributed by atoms with Crippen LogP contribution in [-0.4, -0.2) is 29.4 Å². The van der Waals surface area contributed by atoms with E-state index in [9.17, 15) is 0 Å². The van der Waals surface area contributed by atoms with E-state index in [1.807, 2.05) is 22.7 Å². The third-order valence-electron chi connectivity index (χ3n) is 4.67. The highest BCUT2D eigenvalue weighted by Gasteiger charge is 2.30. The molecule has 0 unspecified atom stereocenters. The van der Waals surface area contributed by atoms with Crippen LogP contribution in [0.2, 0.25) is 0 Å². The Labute approximate surface area is 135 Å². The van der Waals surface area contributed by atoms with Gasteiger partial charge in [0.25, 0.3) is 0 Å². The zero-order valence-corrected chi connectivity index (χ0v) is 14.0. The lowest BCUT2D eigenvalue weighted by Gasteiger charge is -2.40. The van der Waals surface area contributed by atoms with E-state index in [0.29, 0.717) is 6.04 Å². The molecule has 2 aromatic rings. The molecule has 0 aromatic carbocycles. The van der Waals surface area contributed by atoms with Crippen molar-refractivity contribution in [1.82, 2.24) is 9.80 Å². The van der Waals surface area contributed by atoms with Crippen molar-refractivity contribution in [2.45, 2.75) is 38.4 Å². The molecule has 21 heavy (non-hydrogen) atoms. The van der Waals surface area contributed by atoms with Gasteiger partial charge in [0.05, 0.1) is 0 Å². The van der Waals surface area contributed by atoms with Gasteiger partial charge in [-0.2, -0.15) is 0 Å². The molecule has 0 amide bonds. The van der Waals surface area contributed by atoms with Crippen molar-refractivity contribution >= 4 is 22.7 Å². The average Bonchev–Trinajstić information content (AvgIpc) is 3.17. The van der Waals surface area contributed by atoms with E-state index in [0.717, 1.165) is 13.1 Å². The van der Waals surface area contributed by atoms with Crippen molar-refractivity contribution in [2.75, 3.05) is 19.6 Å². The fraction of sp³-hybridized carbons (Fsp3) is 0.529. The fourth-order valence-corrected chi connectivity index (χ4v) is 5.22. The summed E-state index contributed by atoms with van der Waals surface area (Å²) in [5, 5.41) is 4.57. The summed E-state index contributed by atoms with van der Waals surface area (Å²) in [4.78, 5) is 8.28. The predicted octanol–water partition coefficient (Wildman–Crippen LogP) is 4.35. The summed E-state index contributed by atoms with van der Waals surface area (Å²) in [6.45, 7) is 6.12. The summed E-state index contributed by atoms with van der Waals surface area (Å²) < 4.78 is 0. The highest BCUT2D eigenvalue weighted by molar-refractivity contribution is 7.10.